The summed E-state index contributed by atoms with van der Waals surface area (Å²) in [6.45, 7) is 4.25. The summed E-state index contributed by atoms with van der Waals surface area (Å²) in [4.78, 5) is 2.37. The lowest BCUT2D eigenvalue weighted by molar-refractivity contribution is 0.384. The van der Waals surface area contributed by atoms with Crippen LogP contribution in [0.25, 0.3) is 0 Å². The molecule has 1 aromatic rings. The van der Waals surface area contributed by atoms with E-state index in [9.17, 15) is 0 Å². The zero-order valence-corrected chi connectivity index (χ0v) is 9.76. The Hall–Kier alpha value is -0.510. The summed E-state index contributed by atoms with van der Waals surface area (Å²) < 4.78 is 5.26. The number of rotatable bonds is 4. The van der Waals surface area contributed by atoms with Crippen LogP contribution in [-0.4, -0.2) is 31.6 Å². The van der Waals surface area contributed by atoms with Crippen molar-refractivity contribution in [3.63, 3.8) is 0 Å². The summed E-state index contributed by atoms with van der Waals surface area (Å²) in [5.74, 6) is 1.69. The fraction of sp³-hybridized carbons (Fsp3) is 0.636. The molecule has 0 amide bonds. The first kappa shape index (κ1) is 11.0. The summed E-state index contributed by atoms with van der Waals surface area (Å²) in [6.07, 6.45) is 1.29. The lowest BCUT2D eigenvalue weighted by Gasteiger charge is -2.10. The lowest BCUT2D eigenvalue weighted by Crippen LogP contribution is -2.24. The number of hydrogen-bond donors (Lipinski definition) is 1. The van der Waals surface area contributed by atoms with Gasteiger partial charge >= 0.3 is 0 Å². The van der Waals surface area contributed by atoms with Crippen LogP contribution in [0.2, 0.25) is 5.22 Å². The molecule has 1 fully saturated rings. The van der Waals surface area contributed by atoms with E-state index in [-0.39, 0.29) is 0 Å². The van der Waals surface area contributed by atoms with Crippen LogP contribution in [-0.2, 0) is 6.54 Å². The first-order chi connectivity index (χ1) is 7.24. The van der Waals surface area contributed by atoms with Gasteiger partial charge in [-0.1, -0.05) is 0 Å². The summed E-state index contributed by atoms with van der Waals surface area (Å²) in [5.41, 5.74) is 0. The van der Waals surface area contributed by atoms with Gasteiger partial charge in [0, 0.05) is 6.54 Å². The summed E-state index contributed by atoms with van der Waals surface area (Å²) >= 11 is 5.68. The maximum atomic E-state index is 5.68. The van der Waals surface area contributed by atoms with E-state index in [4.69, 9.17) is 16.0 Å². The highest BCUT2D eigenvalue weighted by molar-refractivity contribution is 6.28. The van der Waals surface area contributed by atoms with E-state index in [1.165, 1.54) is 19.5 Å². The Bertz CT molecular complexity index is 313. The van der Waals surface area contributed by atoms with Gasteiger partial charge in [-0.25, -0.2) is 0 Å². The minimum atomic E-state index is 0.465. The molecule has 15 heavy (non-hydrogen) atoms. The largest absolute Gasteiger partial charge is 0.448 e. The molecule has 1 unspecified atom stereocenters. The van der Waals surface area contributed by atoms with Gasteiger partial charge in [0.2, 0.25) is 0 Å². The molecule has 84 valence electrons. The zero-order valence-electron chi connectivity index (χ0n) is 9.00. The Morgan fingerprint density at radius 2 is 2.47 bits per heavy atom. The van der Waals surface area contributed by atoms with Crippen molar-refractivity contribution in [2.24, 2.45) is 5.92 Å². The minimum Gasteiger partial charge on any atom is -0.448 e. The molecule has 4 heteroatoms. The average molecular weight is 229 g/mol. The van der Waals surface area contributed by atoms with E-state index >= 15 is 0 Å². The molecular weight excluding hydrogens is 212 g/mol. The monoisotopic (exact) mass is 228 g/mol. The maximum absolute atomic E-state index is 5.68. The van der Waals surface area contributed by atoms with Crippen molar-refractivity contribution in [2.75, 3.05) is 26.7 Å². The highest BCUT2D eigenvalue weighted by Crippen LogP contribution is 2.15. The van der Waals surface area contributed by atoms with Crippen LogP contribution < -0.4 is 5.32 Å². The van der Waals surface area contributed by atoms with E-state index in [0.717, 1.165) is 24.8 Å². The van der Waals surface area contributed by atoms with Gasteiger partial charge in [-0.3, -0.25) is 0 Å². The van der Waals surface area contributed by atoms with Crippen molar-refractivity contribution in [2.45, 2.75) is 13.0 Å². The van der Waals surface area contributed by atoms with Crippen LogP contribution in [0.5, 0.6) is 0 Å². The molecule has 0 aliphatic carbocycles. The van der Waals surface area contributed by atoms with Gasteiger partial charge in [0.25, 0.3) is 0 Å². The smallest absolute Gasteiger partial charge is 0.193 e. The van der Waals surface area contributed by atoms with Gasteiger partial charge in [0.15, 0.2) is 5.22 Å². The number of hydrogen-bond acceptors (Lipinski definition) is 3. The molecule has 0 spiro atoms. The van der Waals surface area contributed by atoms with Crippen molar-refractivity contribution in [1.29, 1.82) is 0 Å². The van der Waals surface area contributed by atoms with Crippen molar-refractivity contribution in [1.82, 2.24) is 10.2 Å². The highest BCUT2D eigenvalue weighted by Gasteiger charge is 2.18. The van der Waals surface area contributed by atoms with Gasteiger partial charge in [0.05, 0.1) is 6.54 Å². The van der Waals surface area contributed by atoms with E-state index in [2.05, 4.69) is 17.3 Å². The highest BCUT2D eigenvalue weighted by atomic mass is 35.5. The Balaban J connectivity index is 1.67. The number of nitrogens with one attached hydrogen (secondary N) is 1. The Labute approximate surface area is 95.4 Å². The van der Waals surface area contributed by atoms with Crippen molar-refractivity contribution in [3.05, 3.63) is 23.1 Å². The predicted molar refractivity (Wildman–Crippen MR) is 61.0 cm³/mol. The minimum absolute atomic E-state index is 0.465. The molecule has 0 bridgehead atoms. The van der Waals surface area contributed by atoms with Gasteiger partial charge in [0.1, 0.15) is 5.76 Å². The molecule has 0 aromatic carbocycles. The predicted octanol–water partition coefficient (Wildman–Crippen LogP) is 1.97. The van der Waals surface area contributed by atoms with Crippen LogP contribution in [0.3, 0.4) is 0 Å². The zero-order chi connectivity index (χ0) is 10.7. The molecular formula is C11H17ClN2O. The quantitative estimate of drug-likeness (QED) is 0.854. The van der Waals surface area contributed by atoms with Gasteiger partial charge in [-0.2, -0.15) is 0 Å². The van der Waals surface area contributed by atoms with Gasteiger partial charge in [-0.05, 0) is 56.2 Å². The second kappa shape index (κ2) is 5.01. The first-order valence-electron chi connectivity index (χ1n) is 5.37. The second-order valence-corrected chi connectivity index (χ2v) is 4.63. The fourth-order valence-corrected chi connectivity index (χ4v) is 2.20. The third-order valence-electron chi connectivity index (χ3n) is 2.85. The standard InChI is InChI=1S/C11H17ClN2O/c1-14-5-4-9(8-14)6-13-7-10-2-3-11(12)15-10/h2-3,9,13H,4-8H2,1H3. The van der Waals surface area contributed by atoms with Crippen molar-refractivity contribution < 1.29 is 4.42 Å². The molecule has 0 radical (unpaired) electrons. The van der Waals surface area contributed by atoms with Crippen LogP contribution in [0.4, 0.5) is 0 Å². The number of furan rings is 1. The molecule has 1 saturated heterocycles. The Kier molecular flexibility index (Phi) is 3.67. The summed E-state index contributed by atoms with van der Waals surface area (Å²) in [5, 5.41) is 3.86. The van der Waals surface area contributed by atoms with E-state index in [1.807, 2.05) is 6.07 Å². The Morgan fingerprint density at radius 1 is 1.60 bits per heavy atom. The third-order valence-corrected chi connectivity index (χ3v) is 3.05. The molecule has 3 nitrogen and oxygen atoms in total. The molecule has 1 aliphatic rings. The molecule has 1 N–H and O–H groups in total. The topological polar surface area (TPSA) is 28.4 Å². The van der Waals surface area contributed by atoms with Crippen LogP contribution in [0.1, 0.15) is 12.2 Å². The van der Waals surface area contributed by atoms with Crippen molar-refractivity contribution in [3.8, 4) is 0 Å². The number of halogens is 1. The molecule has 1 atom stereocenters. The van der Waals surface area contributed by atoms with Crippen LogP contribution in [0, 0.1) is 5.92 Å². The normalized spacial score (nSPS) is 22.4. The van der Waals surface area contributed by atoms with E-state index in [0.29, 0.717) is 5.22 Å². The molecule has 2 rings (SSSR count). The number of nitrogens with zero attached hydrogens (tertiary/aromatic N) is 1. The summed E-state index contributed by atoms with van der Waals surface area (Å²) in [6, 6.07) is 3.69. The third kappa shape index (κ3) is 3.23. The van der Waals surface area contributed by atoms with Gasteiger partial charge < -0.3 is 14.6 Å². The summed E-state index contributed by atoms with van der Waals surface area (Å²) in [7, 11) is 2.17. The van der Waals surface area contributed by atoms with E-state index < -0.39 is 0 Å². The van der Waals surface area contributed by atoms with Crippen molar-refractivity contribution >= 4 is 11.6 Å². The number of likely N-dealkylation sites (tertiary alicyclic amines) is 1. The average Bonchev–Trinajstić information content (AvgIpc) is 2.76. The van der Waals surface area contributed by atoms with E-state index in [1.54, 1.807) is 6.07 Å². The van der Waals surface area contributed by atoms with Gasteiger partial charge in [-0.15, -0.1) is 0 Å². The maximum Gasteiger partial charge on any atom is 0.193 e. The SMILES string of the molecule is CN1CCC(CNCc2ccc(Cl)o2)C1. The molecule has 2 heterocycles. The van der Waals surface area contributed by atoms with Crippen LogP contribution in [0.15, 0.2) is 16.5 Å². The first-order valence-corrected chi connectivity index (χ1v) is 5.75. The van der Waals surface area contributed by atoms with Crippen LogP contribution >= 0.6 is 11.6 Å². The molecule has 0 saturated carbocycles. The Morgan fingerprint density at radius 3 is 3.07 bits per heavy atom. The fourth-order valence-electron chi connectivity index (χ4n) is 2.04. The molecule has 1 aliphatic heterocycles. The lowest BCUT2D eigenvalue weighted by atomic mass is 10.1. The second-order valence-electron chi connectivity index (χ2n) is 4.25. The molecule has 1 aromatic heterocycles.